The van der Waals surface area contributed by atoms with Gasteiger partial charge in [-0.15, -0.1) is 0 Å². The molecule has 0 bridgehead atoms. The van der Waals surface area contributed by atoms with E-state index in [2.05, 4.69) is 5.10 Å². The highest BCUT2D eigenvalue weighted by Crippen LogP contribution is 2.21. The van der Waals surface area contributed by atoms with E-state index in [4.69, 9.17) is 5.73 Å². The number of rotatable bonds is 2. The molecule has 19 heavy (non-hydrogen) atoms. The summed E-state index contributed by atoms with van der Waals surface area (Å²) in [6.07, 6.45) is 0. The van der Waals surface area contributed by atoms with Gasteiger partial charge in [-0.1, -0.05) is 0 Å². The van der Waals surface area contributed by atoms with Crippen molar-refractivity contribution < 1.29 is 4.79 Å². The van der Waals surface area contributed by atoms with Crippen LogP contribution in [0, 0.1) is 13.8 Å². The van der Waals surface area contributed by atoms with Crippen LogP contribution < -0.4 is 5.73 Å². The first kappa shape index (κ1) is 13.1. The molecule has 1 aromatic carbocycles. The molecule has 2 N–H and O–H groups in total. The molecule has 0 fully saturated rings. The second-order valence-corrected chi connectivity index (χ2v) is 4.82. The lowest BCUT2D eigenvalue weighted by Crippen LogP contribution is -2.23. The molecule has 1 amide bonds. The molecule has 0 aliphatic heterocycles. The molecule has 0 aliphatic carbocycles. The van der Waals surface area contributed by atoms with Gasteiger partial charge in [0.1, 0.15) is 0 Å². The standard InChI is InChI=1S/C14H18N4O/c1-9-7-10(2)18(16-9)13-8-11(15)5-6-12(13)14(19)17(3)4/h5-8H,15H2,1-4H3. The zero-order valence-corrected chi connectivity index (χ0v) is 11.6. The van der Waals surface area contributed by atoms with E-state index >= 15 is 0 Å². The number of amides is 1. The minimum Gasteiger partial charge on any atom is -0.399 e. The zero-order valence-electron chi connectivity index (χ0n) is 11.6. The second-order valence-electron chi connectivity index (χ2n) is 4.82. The van der Waals surface area contributed by atoms with Crippen molar-refractivity contribution in [2.75, 3.05) is 19.8 Å². The van der Waals surface area contributed by atoms with E-state index < -0.39 is 0 Å². The predicted molar refractivity (Wildman–Crippen MR) is 75.5 cm³/mol. The van der Waals surface area contributed by atoms with Gasteiger partial charge in [-0.2, -0.15) is 5.10 Å². The average molecular weight is 258 g/mol. The van der Waals surface area contributed by atoms with Gasteiger partial charge in [0.15, 0.2) is 0 Å². The first-order valence-electron chi connectivity index (χ1n) is 6.05. The first-order chi connectivity index (χ1) is 8.90. The summed E-state index contributed by atoms with van der Waals surface area (Å²) in [5.74, 6) is -0.0671. The van der Waals surface area contributed by atoms with Crippen LogP contribution >= 0.6 is 0 Å². The zero-order chi connectivity index (χ0) is 14.2. The Kier molecular flexibility index (Phi) is 3.29. The fourth-order valence-electron chi connectivity index (χ4n) is 2.02. The number of hydrogen-bond acceptors (Lipinski definition) is 3. The van der Waals surface area contributed by atoms with E-state index in [0.29, 0.717) is 16.9 Å². The van der Waals surface area contributed by atoms with Crippen molar-refractivity contribution in [1.29, 1.82) is 0 Å². The van der Waals surface area contributed by atoms with Gasteiger partial charge in [-0.25, -0.2) is 4.68 Å². The summed E-state index contributed by atoms with van der Waals surface area (Å²) in [6, 6.07) is 7.21. The smallest absolute Gasteiger partial charge is 0.255 e. The maximum absolute atomic E-state index is 12.2. The summed E-state index contributed by atoms with van der Waals surface area (Å²) < 4.78 is 1.75. The van der Waals surface area contributed by atoms with E-state index in [1.807, 2.05) is 19.9 Å². The molecule has 0 atom stereocenters. The lowest BCUT2D eigenvalue weighted by atomic mass is 10.1. The molecule has 0 saturated heterocycles. The van der Waals surface area contributed by atoms with Crippen LogP contribution in [0.25, 0.3) is 5.69 Å². The van der Waals surface area contributed by atoms with Gasteiger partial charge in [0, 0.05) is 25.5 Å². The van der Waals surface area contributed by atoms with Crippen LogP contribution in [0.2, 0.25) is 0 Å². The largest absolute Gasteiger partial charge is 0.399 e. The molecule has 1 aromatic heterocycles. The molecular formula is C14H18N4O. The summed E-state index contributed by atoms with van der Waals surface area (Å²) in [5.41, 5.74) is 9.62. The second kappa shape index (κ2) is 4.76. The van der Waals surface area contributed by atoms with Crippen LogP contribution in [0.5, 0.6) is 0 Å². The Balaban J connectivity index is 2.64. The van der Waals surface area contributed by atoms with Crippen LogP contribution in [0.15, 0.2) is 24.3 Å². The molecule has 5 heteroatoms. The number of aromatic nitrogens is 2. The molecule has 2 rings (SSSR count). The van der Waals surface area contributed by atoms with Gasteiger partial charge in [0.25, 0.3) is 5.91 Å². The quantitative estimate of drug-likeness (QED) is 0.835. The highest BCUT2D eigenvalue weighted by molar-refractivity contribution is 5.98. The molecule has 0 saturated carbocycles. The number of nitrogens with two attached hydrogens (primary N) is 1. The molecule has 5 nitrogen and oxygen atoms in total. The molecule has 100 valence electrons. The number of nitrogens with zero attached hydrogens (tertiary/aromatic N) is 3. The Morgan fingerprint density at radius 3 is 2.47 bits per heavy atom. The minimum absolute atomic E-state index is 0.0671. The minimum atomic E-state index is -0.0671. The number of anilines is 1. The first-order valence-corrected chi connectivity index (χ1v) is 6.05. The SMILES string of the molecule is Cc1cc(C)n(-c2cc(N)ccc2C(=O)N(C)C)n1. The van der Waals surface area contributed by atoms with Gasteiger partial charge in [-0.3, -0.25) is 4.79 Å². The van der Waals surface area contributed by atoms with Crippen molar-refractivity contribution >= 4 is 11.6 Å². The van der Waals surface area contributed by atoms with Crippen molar-refractivity contribution in [3.05, 3.63) is 41.2 Å². The highest BCUT2D eigenvalue weighted by Gasteiger charge is 2.16. The number of nitrogen functional groups attached to an aromatic ring is 1. The summed E-state index contributed by atoms with van der Waals surface area (Å²) >= 11 is 0. The average Bonchev–Trinajstić information content (AvgIpc) is 2.67. The highest BCUT2D eigenvalue weighted by atomic mass is 16.2. The topological polar surface area (TPSA) is 64.2 Å². The third kappa shape index (κ3) is 2.45. The molecule has 0 aliphatic rings. The fourth-order valence-corrected chi connectivity index (χ4v) is 2.02. The Morgan fingerprint density at radius 2 is 1.95 bits per heavy atom. The maximum atomic E-state index is 12.2. The Hall–Kier alpha value is -2.30. The van der Waals surface area contributed by atoms with Gasteiger partial charge in [0.2, 0.25) is 0 Å². The molecule has 0 unspecified atom stereocenters. The summed E-state index contributed by atoms with van der Waals surface area (Å²) in [7, 11) is 3.45. The van der Waals surface area contributed by atoms with E-state index in [0.717, 1.165) is 11.4 Å². The van der Waals surface area contributed by atoms with Crippen molar-refractivity contribution in [1.82, 2.24) is 14.7 Å². The van der Waals surface area contributed by atoms with Gasteiger partial charge in [-0.05, 0) is 38.1 Å². The number of carbonyl (C=O) groups excluding carboxylic acids is 1. The van der Waals surface area contributed by atoms with E-state index in [1.165, 1.54) is 0 Å². The Bertz CT molecular complexity index is 628. The van der Waals surface area contributed by atoms with Gasteiger partial charge >= 0.3 is 0 Å². The predicted octanol–water partition coefficient (Wildman–Crippen LogP) is 1.77. The lowest BCUT2D eigenvalue weighted by Gasteiger charge is -2.15. The van der Waals surface area contributed by atoms with Crippen molar-refractivity contribution in [2.24, 2.45) is 0 Å². The molecule has 0 radical (unpaired) electrons. The number of aryl methyl sites for hydroxylation is 2. The third-order valence-corrected chi connectivity index (χ3v) is 2.90. The normalized spacial score (nSPS) is 10.5. The molecule has 0 spiro atoms. The van der Waals surface area contributed by atoms with Crippen LogP contribution in [0.3, 0.4) is 0 Å². The summed E-state index contributed by atoms with van der Waals surface area (Å²) in [4.78, 5) is 13.8. The molecule has 1 heterocycles. The van der Waals surface area contributed by atoms with Gasteiger partial charge < -0.3 is 10.6 Å². The van der Waals surface area contributed by atoms with E-state index in [1.54, 1.807) is 41.9 Å². The van der Waals surface area contributed by atoms with E-state index in [-0.39, 0.29) is 5.91 Å². The Morgan fingerprint density at radius 1 is 1.26 bits per heavy atom. The lowest BCUT2D eigenvalue weighted by molar-refractivity contribution is 0.0827. The van der Waals surface area contributed by atoms with E-state index in [9.17, 15) is 4.79 Å². The monoisotopic (exact) mass is 258 g/mol. The van der Waals surface area contributed by atoms with Crippen molar-refractivity contribution in [3.8, 4) is 5.69 Å². The third-order valence-electron chi connectivity index (χ3n) is 2.90. The van der Waals surface area contributed by atoms with Crippen LogP contribution in [0.1, 0.15) is 21.7 Å². The number of carbonyl (C=O) groups is 1. The fraction of sp³-hybridized carbons (Fsp3) is 0.286. The summed E-state index contributed by atoms with van der Waals surface area (Å²) in [6.45, 7) is 3.87. The van der Waals surface area contributed by atoms with Crippen LogP contribution in [-0.4, -0.2) is 34.7 Å². The molecule has 2 aromatic rings. The number of hydrogen-bond donors (Lipinski definition) is 1. The van der Waals surface area contributed by atoms with Crippen LogP contribution in [0.4, 0.5) is 5.69 Å². The van der Waals surface area contributed by atoms with Gasteiger partial charge in [0.05, 0.1) is 16.9 Å². The number of benzene rings is 1. The Labute approximate surface area is 112 Å². The van der Waals surface area contributed by atoms with Crippen molar-refractivity contribution in [2.45, 2.75) is 13.8 Å². The molecular weight excluding hydrogens is 240 g/mol. The summed E-state index contributed by atoms with van der Waals surface area (Å²) in [5, 5.41) is 4.41. The van der Waals surface area contributed by atoms with Crippen molar-refractivity contribution in [3.63, 3.8) is 0 Å². The maximum Gasteiger partial charge on any atom is 0.255 e. The van der Waals surface area contributed by atoms with Crippen LogP contribution in [-0.2, 0) is 0 Å².